The molecule has 0 saturated carbocycles. The van der Waals surface area contributed by atoms with Crippen LogP contribution < -0.4 is 5.73 Å². The maximum Gasteiger partial charge on any atom is 0.351 e. The molecule has 0 spiro atoms. The first kappa shape index (κ1) is 9.98. The predicted molar refractivity (Wildman–Crippen MR) is 50.7 cm³/mol. The molecule has 0 bridgehead atoms. The lowest BCUT2D eigenvalue weighted by molar-refractivity contribution is -0.132. The van der Waals surface area contributed by atoms with Crippen LogP contribution in [0.25, 0.3) is 0 Å². The molecular weight excluding hydrogens is 182 g/mol. The van der Waals surface area contributed by atoms with Crippen LogP contribution in [-0.2, 0) is 4.79 Å². The fraction of sp³-hybridized carbons (Fsp3) is 0. The quantitative estimate of drug-likeness (QED) is 0.547. The van der Waals surface area contributed by atoms with Crippen molar-refractivity contribution in [1.82, 2.24) is 0 Å². The Morgan fingerprint density at radius 1 is 1.21 bits per heavy atom. The van der Waals surface area contributed by atoms with Crippen LogP contribution in [0.1, 0.15) is 10.4 Å². The zero-order valence-electron chi connectivity index (χ0n) is 7.31. The summed E-state index contributed by atoms with van der Waals surface area (Å²) in [5.41, 5.74) is 5.05. The van der Waals surface area contributed by atoms with Gasteiger partial charge < -0.3 is 10.8 Å². The Morgan fingerprint density at radius 2 is 1.79 bits per heavy atom. The van der Waals surface area contributed by atoms with Crippen LogP contribution in [0.4, 0.5) is 0 Å². The number of hydrogen-bond donors (Lipinski definition) is 2. The summed E-state index contributed by atoms with van der Waals surface area (Å²) in [6, 6.07) is 8.33. The minimum atomic E-state index is -1.30. The van der Waals surface area contributed by atoms with Gasteiger partial charge in [-0.1, -0.05) is 30.3 Å². The van der Waals surface area contributed by atoms with Crippen molar-refractivity contribution in [3.63, 3.8) is 0 Å². The molecule has 0 radical (unpaired) electrons. The average Bonchev–Trinajstić information content (AvgIpc) is 2.19. The highest BCUT2D eigenvalue weighted by Crippen LogP contribution is 2.01. The lowest BCUT2D eigenvalue weighted by atomic mass is 10.1. The van der Waals surface area contributed by atoms with Crippen molar-refractivity contribution >= 4 is 11.8 Å². The Balaban J connectivity index is 2.88. The molecule has 72 valence electrons. The van der Waals surface area contributed by atoms with E-state index in [0.29, 0.717) is 5.56 Å². The summed E-state index contributed by atoms with van der Waals surface area (Å²) in [7, 11) is 0. The summed E-state index contributed by atoms with van der Waals surface area (Å²) in [6.07, 6.45) is 0.900. The van der Waals surface area contributed by atoms with Crippen molar-refractivity contribution in [3.05, 3.63) is 47.7 Å². The smallest absolute Gasteiger partial charge is 0.351 e. The van der Waals surface area contributed by atoms with Crippen LogP contribution in [0, 0.1) is 0 Å². The average molecular weight is 191 g/mol. The van der Waals surface area contributed by atoms with Crippen molar-refractivity contribution in [2.75, 3.05) is 0 Å². The Bertz CT molecular complexity index is 382. The Labute approximate surface area is 80.7 Å². The molecule has 14 heavy (non-hydrogen) atoms. The first-order valence-corrected chi connectivity index (χ1v) is 3.91. The third-order valence-corrected chi connectivity index (χ3v) is 1.59. The Morgan fingerprint density at radius 3 is 2.29 bits per heavy atom. The predicted octanol–water partition coefficient (Wildman–Crippen LogP) is 0.797. The largest absolute Gasteiger partial charge is 0.477 e. The maximum atomic E-state index is 11.3. The highest BCUT2D eigenvalue weighted by atomic mass is 16.4. The van der Waals surface area contributed by atoms with Crippen LogP contribution >= 0.6 is 0 Å². The molecule has 0 aliphatic heterocycles. The van der Waals surface area contributed by atoms with Crippen LogP contribution in [-0.4, -0.2) is 16.9 Å². The van der Waals surface area contributed by atoms with Gasteiger partial charge in [0.1, 0.15) is 5.70 Å². The molecule has 1 aromatic carbocycles. The number of carbonyl (C=O) groups excluding carboxylic acids is 1. The van der Waals surface area contributed by atoms with Gasteiger partial charge in [0.15, 0.2) is 5.78 Å². The van der Waals surface area contributed by atoms with E-state index in [2.05, 4.69) is 0 Å². The number of carboxylic acids is 1. The fourth-order valence-electron chi connectivity index (χ4n) is 0.889. The Kier molecular flexibility index (Phi) is 3.01. The maximum absolute atomic E-state index is 11.3. The standard InChI is InChI=1S/C10H9NO3/c11-8(10(13)14)6-9(12)7-4-2-1-3-5-7/h1-6H,11H2,(H,13,14)/b8-6+. The van der Waals surface area contributed by atoms with E-state index in [9.17, 15) is 9.59 Å². The third-order valence-electron chi connectivity index (χ3n) is 1.59. The van der Waals surface area contributed by atoms with Gasteiger partial charge in [-0.05, 0) is 0 Å². The first-order chi connectivity index (χ1) is 6.61. The molecule has 0 aromatic heterocycles. The zero-order chi connectivity index (χ0) is 10.6. The monoisotopic (exact) mass is 191 g/mol. The van der Waals surface area contributed by atoms with Crippen LogP contribution in [0.15, 0.2) is 42.1 Å². The van der Waals surface area contributed by atoms with Gasteiger partial charge in [-0.2, -0.15) is 0 Å². The minimum absolute atomic E-state index is 0.412. The SMILES string of the molecule is N/C(=C/C(=O)c1ccccc1)C(=O)O. The summed E-state index contributed by atoms with van der Waals surface area (Å²) in [6.45, 7) is 0. The molecule has 3 N–H and O–H groups in total. The highest BCUT2D eigenvalue weighted by Gasteiger charge is 2.06. The van der Waals surface area contributed by atoms with Crippen molar-refractivity contribution in [2.45, 2.75) is 0 Å². The highest BCUT2D eigenvalue weighted by molar-refractivity contribution is 6.08. The van der Waals surface area contributed by atoms with Crippen LogP contribution in [0.5, 0.6) is 0 Å². The molecule has 0 atom stereocenters. The molecule has 4 nitrogen and oxygen atoms in total. The van der Waals surface area contributed by atoms with E-state index in [4.69, 9.17) is 10.8 Å². The van der Waals surface area contributed by atoms with E-state index in [1.807, 2.05) is 0 Å². The summed E-state index contributed by atoms with van der Waals surface area (Å²) in [4.78, 5) is 21.7. The van der Waals surface area contributed by atoms with Gasteiger partial charge in [-0.15, -0.1) is 0 Å². The summed E-state index contributed by atoms with van der Waals surface area (Å²) >= 11 is 0. The molecule has 0 aliphatic rings. The van der Waals surface area contributed by atoms with E-state index < -0.39 is 17.4 Å². The minimum Gasteiger partial charge on any atom is -0.477 e. The van der Waals surface area contributed by atoms with Crippen molar-refractivity contribution in [1.29, 1.82) is 0 Å². The summed E-state index contributed by atoms with van der Waals surface area (Å²) in [5.74, 6) is -1.71. The van der Waals surface area contributed by atoms with Gasteiger partial charge in [-0.25, -0.2) is 4.79 Å². The number of nitrogens with two attached hydrogens (primary N) is 1. The Hall–Kier alpha value is -2.10. The van der Waals surface area contributed by atoms with Gasteiger partial charge in [0.05, 0.1) is 0 Å². The topological polar surface area (TPSA) is 80.4 Å². The summed E-state index contributed by atoms with van der Waals surface area (Å²) in [5, 5.41) is 8.43. The molecule has 0 unspecified atom stereocenters. The second-order valence-electron chi connectivity index (χ2n) is 2.64. The number of ketones is 1. The molecule has 0 amide bonds. The van der Waals surface area contributed by atoms with E-state index in [0.717, 1.165) is 6.08 Å². The number of hydrogen-bond acceptors (Lipinski definition) is 3. The fourth-order valence-corrected chi connectivity index (χ4v) is 0.889. The number of carboxylic acid groups (broad SMARTS) is 1. The second-order valence-corrected chi connectivity index (χ2v) is 2.64. The molecule has 0 saturated heterocycles. The third kappa shape index (κ3) is 2.45. The zero-order valence-corrected chi connectivity index (χ0v) is 7.31. The number of benzene rings is 1. The molecule has 0 aliphatic carbocycles. The first-order valence-electron chi connectivity index (χ1n) is 3.91. The molecular formula is C10H9NO3. The van der Waals surface area contributed by atoms with Crippen molar-refractivity contribution < 1.29 is 14.7 Å². The lowest BCUT2D eigenvalue weighted by Crippen LogP contribution is -2.12. The van der Waals surface area contributed by atoms with E-state index in [1.165, 1.54) is 0 Å². The number of allylic oxidation sites excluding steroid dienone is 1. The van der Waals surface area contributed by atoms with Gasteiger partial charge in [-0.3, -0.25) is 4.79 Å². The lowest BCUT2D eigenvalue weighted by Gasteiger charge is -1.95. The van der Waals surface area contributed by atoms with Crippen molar-refractivity contribution in [3.8, 4) is 0 Å². The van der Waals surface area contributed by atoms with Gasteiger partial charge in [0.25, 0.3) is 0 Å². The van der Waals surface area contributed by atoms with Gasteiger partial charge in [0.2, 0.25) is 0 Å². The normalized spacial score (nSPS) is 11.0. The van der Waals surface area contributed by atoms with Gasteiger partial charge >= 0.3 is 5.97 Å². The molecule has 1 aromatic rings. The number of rotatable bonds is 3. The van der Waals surface area contributed by atoms with Crippen molar-refractivity contribution in [2.24, 2.45) is 5.73 Å². The molecule has 0 heterocycles. The van der Waals surface area contributed by atoms with E-state index >= 15 is 0 Å². The van der Waals surface area contributed by atoms with Crippen LogP contribution in [0.2, 0.25) is 0 Å². The number of aliphatic carboxylic acids is 1. The molecule has 4 heteroatoms. The molecule has 0 fully saturated rings. The van der Waals surface area contributed by atoms with Crippen LogP contribution in [0.3, 0.4) is 0 Å². The van der Waals surface area contributed by atoms with E-state index in [-0.39, 0.29) is 0 Å². The number of carbonyl (C=O) groups is 2. The molecule has 1 rings (SSSR count). The van der Waals surface area contributed by atoms with Gasteiger partial charge in [0, 0.05) is 11.6 Å². The second kappa shape index (κ2) is 4.23. The van der Waals surface area contributed by atoms with E-state index in [1.54, 1.807) is 30.3 Å². The summed E-state index contributed by atoms with van der Waals surface area (Å²) < 4.78 is 0.